The van der Waals surface area contributed by atoms with Crippen molar-refractivity contribution in [3.05, 3.63) is 36.0 Å². The summed E-state index contributed by atoms with van der Waals surface area (Å²) in [5.74, 6) is 1.23. The van der Waals surface area contributed by atoms with Gasteiger partial charge in [0.25, 0.3) is 0 Å². The second-order valence-electron chi connectivity index (χ2n) is 4.55. The molecule has 3 N–H and O–H groups in total. The van der Waals surface area contributed by atoms with E-state index in [4.69, 9.17) is 5.73 Å². The maximum Gasteiger partial charge on any atom is 0.146 e. The number of aromatic amines is 1. The van der Waals surface area contributed by atoms with Gasteiger partial charge in [-0.1, -0.05) is 6.42 Å². The fraction of sp³-hybridized carbons (Fsp3) is 0.308. The van der Waals surface area contributed by atoms with E-state index in [0.29, 0.717) is 5.92 Å². The number of nitrogens with one attached hydrogen (secondary N) is 1. The molecule has 3 rings (SSSR count). The Morgan fingerprint density at radius 3 is 2.82 bits per heavy atom. The van der Waals surface area contributed by atoms with Crippen LogP contribution in [-0.4, -0.2) is 9.97 Å². The van der Waals surface area contributed by atoms with Crippen LogP contribution in [0.25, 0.3) is 11.3 Å². The highest BCUT2D eigenvalue weighted by Gasteiger charge is 2.22. The summed E-state index contributed by atoms with van der Waals surface area (Å²) in [7, 11) is 0. The highest BCUT2D eigenvalue weighted by Crippen LogP contribution is 2.35. The Hall–Kier alpha value is -1.84. The maximum absolute atomic E-state index is 13.1. The van der Waals surface area contributed by atoms with Crippen LogP contribution in [0.1, 0.15) is 31.0 Å². The van der Waals surface area contributed by atoms with Gasteiger partial charge in [-0.2, -0.15) is 0 Å². The molecule has 0 saturated heterocycles. The summed E-state index contributed by atoms with van der Waals surface area (Å²) < 4.78 is 13.1. The molecule has 4 heteroatoms. The Morgan fingerprint density at radius 1 is 1.35 bits per heavy atom. The van der Waals surface area contributed by atoms with Crippen molar-refractivity contribution in [2.75, 3.05) is 5.73 Å². The molecule has 1 saturated carbocycles. The summed E-state index contributed by atoms with van der Waals surface area (Å²) >= 11 is 0. The first-order valence-corrected chi connectivity index (χ1v) is 5.84. The van der Waals surface area contributed by atoms with Crippen molar-refractivity contribution in [3.8, 4) is 11.3 Å². The van der Waals surface area contributed by atoms with Crippen molar-refractivity contribution in [3.63, 3.8) is 0 Å². The van der Waals surface area contributed by atoms with Crippen LogP contribution in [0.5, 0.6) is 0 Å². The molecule has 0 radical (unpaired) electrons. The van der Waals surface area contributed by atoms with Gasteiger partial charge in [0.15, 0.2) is 0 Å². The molecule has 88 valence electrons. The molecule has 0 atom stereocenters. The summed E-state index contributed by atoms with van der Waals surface area (Å²) in [4.78, 5) is 7.67. The summed E-state index contributed by atoms with van der Waals surface area (Å²) in [6.07, 6.45) is 5.49. The molecular weight excluding hydrogens is 217 g/mol. The summed E-state index contributed by atoms with van der Waals surface area (Å²) in [5, 5.41) is 0. The molecule has 0 unspecified atom stereocenters. The monoisotopic (exact) mass is 231 g/mol. The third kappa shape index (κ3) is 1.79. The zero-order valence-corrected chi connectivity index (χ0v) is 9.41. The quantitative estimate of drug-likeness (QED) is 0.780. The molecule has 0 amide bonds. The van der Waals surface area contributed by atoms with Gasteiger partial charge in [0.1, 0.15) is 11.6 Å². The molecule has 1 aromatic heterocycles. The van der Waals surface area contributed by atoms with E-state index in [-0.39, 0.29) is 11.5 Å². The highest BCUT2D eigenvalue weighted by molar-refractivity contribution is 5.64. The maximum atomic E-state index is 13.1. The van der Waals surface area contributed by atoms with Crippen LogP contribution in [0.15, 0.2) is 24.4 Å². The second kappa shape index (κ2) is 3.87. The number of H-pyrrole nitrogens is 1. The van der Waals surface area contributed by atoms with Crippen LogP contribution in [0.4, 0.5) is 10.1 Å². The largest absolute Gasteiger partial charge is 0.396 e. The first-order chi connectivity index (χ1) is 8.24. The van der Waals surface area contributed by atoms with Crippen LogP contribution in [-0.2, 0) is 0 Å². The Kier molecular flexibility index (Phi) is 2.35. The molecule has 1 aliphatic carbocycles. The Balaban J connectivity index is 1.92. The number of halogens is 1. The van der Waals surface area contributed by atoms with Crippen LogP contribution < -0.4 is 5.73 Å². The average Bonchev–Trinajstić information content (AvgIpc) is 2.69. The fourth-order valence-electron chi connectivity index (χ4n) is 2.08. The number of nitrogens with zero attached hydrogens (tertiary/aromatic N) is 1. The zero-order valence-electron chi connectivity index (χ0n) is 9.41. The van der Waals surface area contributed by atoms with Crippen molar-refractivity contribution < 1.29 is 4.39 Å². The lowest BCUT2D eigenvalue weighted by Gasteiger charge is -2.22. The van der Waals surface area contributed by atoms with Crippen LogP contribution in [0.2, 0.25) is 0 Å². The number of anilines is 1. The lowest BCUT2D eigenvalue weighted by molar-refractivity contribution is 0.404. The molecule has 1 fully saturated rings. The molecule has 0 aliphatic heterocycles. The molecule has 2 aromatic rings. The number of nitrogens with two attached hydrogens (primary N) is 1. The number of imidazole rings is 1. The average molecular weight is 231 g/mol. The third-order valence-corrected chi connectivity index (χ3v) is 3.39. The minimum atomic E-state index is -0.382. The predicted octanol–water partition coefficient (Wildman–Crippen LogP) is 3.07. The van der Waals surface area contributed by atoms with Crippen LogP contribution >= 0.6 is 0 Å². The zero-order chi connectivity index (χ0) is 11.8. The minimum Gasteiger partial charge on any atom is -0.396 e. The van der Waals surface area contributed by atoms with Crippen molar-refractivity contribution in [1.82, 2.24) is 9.97 Å². The number of rotatable bonds is 2. The van der Waals surface area contributed by atoms with E-state index >= 15 is 0 Å². The molecule has 3 nitrogen and oxygen atoms in total. The van der Waals surface area contributed by atoms with Crippen LogP contribution in [0, 0.1) is 5.82 Å². The van der Waals surface area contributed by atoms with E-state index in [0.717, 1.165) is 17.1 Å². The minimum absolute atomic E-state index is 0.169. The number of aromatic nitrogens is 2. The standard InChI is InChI=1S/C13H14FN3/c14-10-5-4-9(6-11(10)15)12-7-16-13(17-12)8-2-1-3-8/h4-8H,1-3,15H2,(H,16,17). The van der Waals surface area contributed by atoms with Gasteiger partial charge in [0.05, 0.1) is 17.6 Å². The summed E-state index contributed by atoms with van der Waals surface area (Å²) in [5.41, 5.74) is 7.50. The summed E-state index contributed by atoms with van der Waals surface area (Å²) in [6.45, 7) is 0. The topological polar surface area (TPSA) is 54.7 Å². The van der Waals surface area contributed by atoms with Gasteiger partial charge >= 0.3 is 0 Å². The van der Waals surface area contributed by atoms with E-state index < -0.39 is 0 Å². The smallest absolute Gasteiger partial charge is 0.146 e. The molecule has 1 aromatic carbocycles. The summed E-state index contributed by atoms with van der Waals surface area (Å²) in [6, 6.07) is 4.73. The molecule has 0 bridgehead atoms. The van der Waals surface area contributed by atoms with Gasteiger partial charge in [-0.3, -0.25) is 0 Å². The van der Waals surface area contributed by atoms with Crippen LogP contribution in [0.3, 0.4) is 0 Å². The van der Waals surface area contributed by atoms with Crippen molar-refractivity contribution in [2.24, 2.45) is 0 Å². The predicted molar refractivity (Wildman–Crippen MR) is 65.0 cm³/mol. The Morgan fingerprint density at radius 2 is 2.18 bits per heavy atom. The first-order valence-electron chi connectivity index (χ1n) is 5.84. The number of hydrogen-bond acceptors (Lipinski definition) is 2. The van der Waals surface area contributed by atoms with E-state index in [1.807, 2.05) is 0 Å². The number of nitrogen functional groups attached to an aromatic ring is 1. The molecular formula is C13H14FN3. The molecule has 1 heterocycles. The van der Waals surface area contributed by atoms with Crippen molar-refractivity contribution in [2.45, 2.75) is 25.2 Å². The molecule has 1 aliphatic rings. The number of hydrogen-bond donors (Lipinski definition) is 2. The lowest BCUT2D eigenvalue weighted by atomic mass is 9.85. The normalized spacial score (nSPS) is 15.8. The van der Waals surface area contributed by atoms with E-state index in [9.17, 15) is 4.39 Å². The van der Waals surface area contributed by atoms with Gasteiger partial charge in [-0.15, -0.1) is 0 Å². The molecule has 17 heavy (non-hydrogen) atoms. The second-order valence-corrected chi connectivity index (χ2v) is 4.55. The van der Waals surface area contributed by atoms with Gasteiger partial charge in [-0.25, -0.2) is 9.37 Å². The first kappa shape index (κ1) is 10.3. The van der Waals surface area contributed by atoms with E-state index in [2.05, 4.69) is 9.97 Å². The van der Waals surface area contributed by atoms with Gasteiger partial charge < -0.3 is 10.7 Å². The van der Waals surface area contributed by atoms with Gasteiger partial charge in [0.2, 0.25) is 0 Å². The van der Waals surface area contributed by atoms with Crippen molar-refractivity contribution in [1.29, 1.82) is 0 Å². The third-order valence-electron chi connectivity index (χ3n) is 3.39. The van der Waals surface area contributed by atoms with E-state index in [1.165, 1.54) is 25.3 Å². The SMILES string of the molecule is Nc1cc(-c2cnc(C3CCC3)[nH]2)ccc1F. The fourth-order valence-corrected chi connectivity index (χ4v) is 2.08. The van der Waals surface area contributed by atoms with E-state index in [1.54, 1.807) is 18.3 Å². The highest BCUT2D eigenvalue weighted by atomic mass is 19.1. The Labute approximate surface area is 98.9 Å². The molecule has 0 spiro atoms. The van der Waals surface area contributed by atoms with Gasteiger partial charge in [0, 0.05) is 11.5 Å². The van der Waals surface area contributed by atoms with Gasteiger partial charge in [-0.05, 0) is 31.0 Å². The number of benzene rings is 1. The Bertz CT molecular complexity index is 543. The van der Waals surface area contributed by atoms with Crippen molar-refractivity contribution >= 4 is 5.69 Å². The lowest BCUT2D eigenvalue weighted by Crippen LogP contribution is -2.10.